The standard InChI is InChI=1S/C17H13Cl2N3O2S/c1-25-12-5-2-10(3-6-12)8-15-21-22-17(24-15)20-16(23)13-7-4-11(18)9-14(13)19/h2-7,9H,8H2,1H3,(H,20,22,23). The molecule has 0 radical (unpaired) electrons. The fourth-order valence-corrected chi connectivity index (χ4v) is 3.03. The third-order valence-corrected chi connectivity index (χ3v) is 4.67. The number of carbonyl (C=O) groups is 1. The Bertz CT molecular complexity index is 897. The van der Waals surface area contributed by atoms with Gasteiger partial charge in [-0.15, -0.1) is 16.9 Å². The summed E-state index contributed by atoms with van der Waals surface area (Å²) in [5, 5.41) is 11.0. The summed E-state index contributed by atoms with van der Waals surface area (Å²) in [6.07, 6.45) is 2.51. The maximum Gasteiger partial charge on any atom is 0.322 e. The minimum Gasteiger partial charge on any atom is -0.407 e. The summed E-state index contributed by atoms with van der Waals surface area (Å²) in [4.78, 5) is 13.4. The number of benzene rings is 2. The first-order chi connectivity index (χ1) is 12.0. The van der Waals surface area contributed by atoms with Crippen LogP contribution in [0.5, 0.6) is 0 Å². The van der Waals surface area contributed by atoms with Crippen LogP contribution >= 0.6 is 35.0 Å². The molecule has 2 aromatic carbocycles. The molecule has 0 spiro atoms. The SMILES string of the molecule is CSc1ccc(Cc2nnc(NC(=O)c3ccc(Cl)cc3Cl)o2)cc1. The summed E-state index contributed by atoms with van der Waals surface area (Å²) in [5.74, 6) is -0.0319. The monoisotopic (exact) mass is 393 g/mol. The van der Waals surface area contributed by atoms with E-state index in [4.69, 9.17) is 27.6 Å². The Hall–Kier alpha value is -2.02. The molecule has 1 heterocycles. The fourth-order valence-electron chi connectivity index (χ4n) is 2.13. The topological polar surface area (TPSA) is 68.0 Å². The third kappa shape index (κ3) is 4.54. The van der Waals surface area contributed by atoms with Crippen LogP contribution in [-0.2, 0) is 6.42 Å². The molecule has 25 heavy (non-hydrogen) atoms. The lowest BCUT2D eigenvalue weighted by atomic mass is 10.1. The van der Waals surface area contributed by atoms with Gasteiger partial charge in [0.25, 0.3) is 5.91 Å². The highest BCUT2D eigenvalue weighted by atomic mass is 35.5. The van der Waals surface area contributed by atoms with Gasteiger partial charge in [0.05, 0.1) is 17.0 Å². The average Bonchev–Trinajstić information content (AvgIpc) is 3.02. The number of nitrogens with one attached hydrogen (secondary N) is 1. The van der Waals surface area contributed by atoms with Gasteiger partial charge < -0.3 is 4.42 Å². The molecule has 0 atom stereocenters. The van der Waals surface area contributed by atoms with Crippen molar-refractivity contribution >= 4 is 46.9 Å². The molecular formula is C17H13Cl2N3O2S. The number of aromatic nitrogens is 2. The van der Waals surface area contributed by atoms with E-state index in [2.05, 4.69) is 15.5 Å². The van der Waals surface area contributed by atoms with Gasteiger partial charge in [-0.05, 0) is 42.2 Å². The Balaban J connectivity index is 1.67. The first-order valence-electron chi connectivity index (χ1n) is 7.27. The molecule has 5 nitrogen and oxygen atoms in total. The van der Waals surface area contributed by atoms with Crippen molar-refractivity contribution in [2.45, 2.75) is 11.3 Å². The van der Waals surface area contributed by atoms with Crippen LogP contribution in [0.3, 0.4) is 0 Å². The number of halogens is 2. The van der Waals surface area contributed by atoms with E-state index in [1.165, 1.54) is 17.0 Å². The number of rotatable bonds is 5. The maximum atomic E-state index is 12.2. The van der Waals surface area contributed by atoms with Gasteiger partial charge in [0.1, 0.15) is 0 Å². The van der Waals surface area contributed by atoms with Crippen LogP contribution in [0.15, 0.2) is 51.8 Å². The normalized spacial score (nSPS) is 10.7. The van der Waals surface area contributed by atoms with E-state index in [1.807, 2.05) is 30.5 Å². The molecule has 3 aromatic rings. The number of amides is 1. The van der Waals surface area contributed by atoms with Gasteiger partial charge in [-0.25, -0.2) is 0 Å². The molecular weight excluding hydrogens is 381 g/mol. The highest BCUT2D eigenvalue weighted by Crippen LogP contribution is 2.22. The number of thioether (sulfide) groups is 1. The number of hydrogen-bond acceptors (Lipinski definition) is 5. The summed E-state index contributed by atoms with van der Waals surface area (Å²) >= 11 is 13.5. The minimum atomic E-state index is -0.443. The highest BCUT2D eigenvalue weighted by Gasteiger charge is 2.15. The highest BCUT2D eigenvalue weighted by molar-refractivity contribution is 7.98. The quantitative estimate of drug-likeness (QED) is 0.621. The van der Waals surface area contributed by atoms with E-state index in [-0.39, 0.29) is 16.6 Å². The summed E-state index contributed by atoms with van der Waals surface area (Å²) in [5.41, 5.74) is 1.32. The molecule has 1 aromatic heterocycles. The summed E-state index contributed by atoms with van der Waals surface area (Å²) in [6.45, 7) is 0. The van der Waals surface area contributed by atoms with Crippen LogP contribution in [0.4, 0.5) is 6.01 Å². The van der Waals surface area contributed by atoms with Crippen molar-refractivity contribution in [1.82, 2.24) is 10.2 Å². The van der Waals surface area contributed by atoms with E-state index in [0.29, 0.717) is 17.3 Å². The Morgan fingerprint density at radius 2 is 1.92 bits per heavy atom. The predicted octanol–water partition coefficient (Wildman–Crippen LogP) is 4.94. The van der Waals surface area contributed by atoms with Crippen LogP contribution in [0.2, 0.25) is 10.0 Å². The lowest BCUT2D eigenvalue weighted by Gasteiger charge is -2.03. The maximum absolute atomic E-state index is 12.2. The van der Waals surface area contributed by atoms with Gasteiger partial charge in [0.2, 0.25) is 5.89 Å². The Morgan fingerprint density at radius 3 is 2.60 bits per heavy atom. The van der Waals surface area contributed by atoms with Crippen LogP contribution in [0, 0.1) is 0 Å². The smallest absolute Gasteiger partial charge is 0.322 e. The number of carbonyl (C=O) groups excluding carboxylic acids is 1. The first-order valence-corrected chi connectivity index (χ1v) is 9.25. The molecule has 8 heteroatoms. The second kappa shape index (κ2) is 7.91. The number of anilines is 1. The molecule has 1 amide bonds. The van der Waals surface area contributed by atoms with Crippen LogP contribution in [0.25, 0.3) is 0 Å². The first kappa shape index (κ1) is 17.8. The number of nitrogens with zero attached hydrogens (tertiary/aromatic N) is 2. The van der Waals surface area contributed by atoms with Gasteiger partial charge in [0, 0.05) is 9.92 Å². The zero-order valence-electron chi connectivity index (χ0n) is 13.1. The number of hydrogen-bond donors (Lipinski definition) is 1. The summed E-state index contributed by atoms with van der Waals surface area (Å²) in [7, 11) is 0. The van der Waals surface area contributed by atoms with Crippen molar-refractivity contribution in [3.05, 3.63) is 69.5 Å². The molecule has 1 N–H and O–H groups in total. The van der Waals surface area contributed by atoms with Gasteiger partial charge in [-0.1, -0.05) is 40.4 Å². The average molecular weight is 394 g/mol. The third-order valence-electron chi connectivity index (χ3n) is 3.38. The van der Waals surface area contributed by atoms with Crippen molar-refractivity contribution in [2.75, 3.05) is 11.6 Å². The second-order valence-electron chi connectivity index (χ2n) is 5.10. The van der Waals surface area contributed by atoms with E-state index in [0.717, 1.165) is 5.56 Å². The van der Waals surface area contributed by atoms with Gasteiger partial charge in [-0.2, -0.15) is 0 Å². The Kier molecular flexibility index (Phi) is 5.63. The molecule has 0 saturated heterocycles. The molecule has 128 valence electrons. The van der Waals surface area contributed by atoms with Crippen LogP contribution in [-0.4, -0.2) is 22.4 Å². The predicted molar refractivity (Wildman–Crippen MR) is 99.7 cm³/mol. The van der Waals surface area contributed by atoms with E-state index in [1.54, 1.807) is 17.8 Å². The van der Waals surface area contributed by atoms with E-state index >= 15 is 0 Å². The molecule has 3 rings (SSSR count). The van der Waals surface area contributed by atoms with Gasteiger partial charge in [-0.3, -0.25) is 10.1 Å². The molecule has 0 fully saturated rings. The van der Waals surface area contributed by atoms with Crippen molar-refractivity contribution in [3.63, 3.8) is 0 Å². The second-order valence-corrected chi connectivity index (χ2v) is 6.83. The molecule has 0 aliphatic carbocycles. The van der Waals surface area contributed by atoms with Crippen molar-refractivity contribution in [1.29, 1.82) is 0 Å². The largest absolute Gasteiger partial charge is 0.407 e. The molecule has 0 saturated carbocycles. The Morgan fingerprint density at radius 1 is 1.16 bits per heavy atom. The minimum absolute atomic E-state index is 0.0201. The van der Waals surface area contributed by atoms with Crippen molar-refractivity contribution < 1.29 is 9.21 Å². The summed E-state index contributed by atoms with van der Waals surface area (Å²) in [6, 6.07) is 12.7. The fraction of sp³-hybridized carbons (Fsp3) is 0.118. The van der Waals surface area contributed by atoms with E-state index < -0.39 is 5.91 Å². The zero-order valence-corrected chi connectivity index (χ0v) is 15.5. The van der Waals surface area contributed by atoms with Crippen molar-refractivity contribution in [3.8, 4) is 0 Å². The van der Waals surface area contributed by atoms with Crippen LogP contribution < -0.4 is 5.32 Å². The van der Waals surface area contributed by atoms with Gasteiger partial charge in [0.15, 0.2) is 0 Å². The lowest BCUT2D eigenvalue weighted by molar-refractivity contribution is 0.102. The van der Waals surface area contributed by atoms with Crippen LogP contribution in [0.1, 0.15) is 21.8 Å². The lowest BCUT2D eigenvalue weighted by Crippen LogP contribution is -2.12. The molecule has 0 aliphatic rings. The Labute approximate surface area is 158 Å². The molecule has 0 aliphatic heterocycles. The van der Waals surface area contributed by atoms with Crippen molar-refractivity contribution in [2.24, 2.45) is 0 Å². The zero-order chi connectivity index (χ0) is 17.8. The van der Waals surface area contributed by atoms with E-state index in [9.17, 15) is 4.79 Å². The van der Waals surface area contributed by atoms with Gasteiger partial charge >= 0.3 is 6.01 Å². The summed E-state index contributed by atoms with van der Waals surface area (Å²) < 4.78 is 5.47. The molecule has 0 unspecified atom stereocenters. The molecule has 0 bridgehead atoms.